The third-order valence-electron chi connectivity index (χ3n) is 4.21. The second-order valence-corrected chi connectivity index (χ2v) is 6.49. The molecule has 26 heavy (non-hydrogen) atoms. The predicted octanol–water partition coefficient (Wildman–Crippen LogP) is 5.26. The number of benzene rings is 2. The van der Waals surface area contributed by atoms with E-state index in [-0.39, 0.29) is 0 Å². The molecule has 0 atom stereocenters. The van der Waals surface area contributed by atoms with E-state index in [4.69, 9.17) is 14.9 Å². The molecule has 0 aromatic heterocycles. The van der Waals surface area contributed by atoms with Crippen molar-refractivity contribution in [3.05, 3.63) is 77.0 Å². The lowest BCUT2D eigenvalue weighted by atomic mass is 9.92. The third kappa shape index (κ3) is 3.91. The summed E-state index contributed by atoms with van der Waals surface area (Å²) < 4.78 is 0. The number of rotatable bonds is 1. The number of hydrogen-bond donors (Lipinski definition) is 2. The first-order valence-corrected chi connectivity index (χ1v) is 8.57. The number of anilines is 1. The van der Waals surface area contributed by atoms with Gasteiger partial charge in [-0.2, -0.15) is 0 Å². The van der Waals surface area contributed by atoms with Crippen molar-refractivity contribution in [1.29, 1.82) is 0 Å². The summed E-state index contributed by atoms with van der Waals surface area (Å²) in [7, 11) is 0. The molecule has 4 rings (SSSR count). The number of nitrogens with zero attached hydrogens (tertiary/aromatic N) is 1. The first kappa shape index (κ1) is 17.7. The van der Waals surface area contributed by atoms with Crippen LogP contribution in [0.3, 0.4) is 0 Å². The molecular formula is C22H22N2O2. The molecule has 2 aliphatic rings. The Hall–Kier alpha value is -3.14. The minimum atomic E-state index is -0.833. The van der Waals surface area contributed by atoms with Crippen LogP contribution in [0.1, 0.15) is 30.0 Å². The molecule has 2 aromatic rings. The van der Waals surface area contributed by atoms with E-state index in [1.165, 1.54) is 22.3 Å². The van der Waals surface area contributed by atoms with Crippen molar-refractivity contribution < 1.29 is 9.90 Å². The first-order chi connectivity index (χ1) is 12.4. The molecule has 4 nitrogen and oxygen atoms in total. The maximum absolute atomic E-state index is 9.00. The molecule has 1 aliphatic heterocycles. The number of carbonyl (C=O) groups is 1. The molecule has 0 bridgehead atoms. The van der Waals surface area contributed by atoms with Gasteiger partial charge in [0.1, 0.15) is 0 Å². The van der Waals surface area contributed by atoms with Crippen molar-refractivity contribution >= 4 is 28.6 Å². The van der Waals surface area contributed by atoms with E-state index < -0.39 is 5.97 Å². The van der Waals surface area contributed by atoms with Gasteiger partial charge in [-0.05, 0) is 55.2 Å². The van der Waals surface area contributed by atoms with Gasteiger partial charge in [0, 0.05) is 6.92 Å². The number of nitrogens with one attached hydrogen (secondary N) is 1. The molecule has 132 valence electrons. The van der Waals surface area contributed by atoms with Gasteiger partial charge in [0.15, 0.2) is 0 Å². The summed E-state index contributed by atoms with van der Waals surface area (Å²) >= 11 is 0. The van der Waals surface area contributed by atoms with E-state index in [9.17, 15) is 0 Å². The van der Waals surface area contributed by atoms with Crippen LogP contribution in [0.4, 0.5) is 11.4 Å². The average molecular weight is 346 g/mol. The number of fused-ring (bicyclic) bond motifs is 2. The van der Waals surface area contributed by atoms with Crippen LogP contribution in [-0.2, 0) is 4.79 Å². The molecule has 0 saturated heterocycles. The van der Waals surface area contributed by atoms with Gasteiger partial charge in [-0.25, -0.2) is 4.99 Å². The molecule has 0 radical (unpaired) electrons. The van der Waals surface area contributed by atoms with E-state index in [1.54, 1.807) is 0 Å². The van der Waals surface area contributed by atoms with E-state index in [2.05, 4.69) is 73.8 Å². The number of aliphatic carboxylic acids is 1. The number of carboxylic acids is 1. The smallest absolute Gasteiger partial charge is 0.300 e. The van der Waals surface area contributed by atoms with Crippen molar-refractivity contribution in [3.8, 4) is 0 Å². The number of hydrogen-bond acceptors (Lipinski definition) is 3. The van der Waals surface area contributed by atoms with Gasteiger partial charge in [-0.15, -0.1) is 0 Å². The molecule has 0 saturated carbocycles. The fraction of sp³-hybridized carbons (Fsp3) is 0.182. The Morgan fingerprint density at radius 1 is 1.08 bits per heavy atom. The van der Waals surface area contributed by atoms with Crippen molar-refractivity contribution in [3.63, 3.8) is 0 Å². The summed E-state index contributed by atoms with van der Waals surface area (Å²) in [6, 6.07) is 15.1. The van der Waals surface area contributed by atoms with Gasteiger partial charge in [-0.1, -0.05) is 42.0 Å². The highest BCUT2D eigenvalue weighted by molar-refractivity contribution is 6.19. The van der Waals surface area contributed by atoms with Crippen molar-refractivity contribution in [2.75, 3.05) is 5.32 Å². The number of aryl methyl sites for hydroxylation is 2. The highest BCUT2D eigenvalue weighted by Crippen LogP contribution is 2.37. The minimum Gasteiger partial charge on any atom is -0.481 e. The average Bonchev–Trinajstić information content (AvgIpc) is 2.60. The molecule has 0 amide bonds. The first-order valence-electron chi connectivity index (χ1n) is 8.57. The van der Waals surface area contributed by atoms with Crippen LogP contribution in [-0.4, -0.2) is 16.8 Å². The van der Waals surface area contributed by atoms with Gasteiger partial charge in [0.2, 0.25) is 0 Å². The number of aliphatic imine (C=N–C) groups is 1. The summed E-state index contributed by atoms with van der Waals surface area (Å²) in [6.45, 7) is 5.30. The molecule has 0 fully saturated rings. The summed E-state index contributed by atoms with van der Waals surface area (Å²) in [5.74, 6) is -0.833. The lowest BCUT2D eigenvalue weighted by Crippen LogP contribution is -2.18. The normalized spacial score (nSPS) is 14.3. The second kappa shape index (κ2) is 7.40. The van der Waals surface area contributed by atoms with E-state index in [0.717, 1.165) is 36.1 Å². The standard InChI is InChI=1S/C20H18N2.C2H4O2/c1-13-6-9-15(10-7-13)16-4-3-5-18-20(16)22-17-11-8-14(2)12-19(17)21-18;1-2(3)4/h3,5-12,22H,4H2,1-2H3;1H3,(H,3,4). The Kier molecular flexibility index (Phi) is 5.03. The predicted molar refractivity (Wildman–Crippen MR) is 107 cm³/mol. The number of allylic oxidation sites excluding steroid dienone is 3. The van der Waals surface area contributed by atoms with Crippen molar-refractivity contribution in [2.45, 2.75) is 27.2 Å². The maximum atomic E-state index is 9.00. The van der Waals surface area contributed by atoms with Crippen LogP contribution in [0, 0.1) is 13.8 Å². The summed E-state index contributed by atoms with van der Waals surface area (Å²) in [6.07, 6.45) is 5.25. The fourth-order valence-corrected chi connectivity index (χ4v) is 2.98. The zero-order valence-corrected chi connectivity index (χ0v) is 15.2. The molecule has 4 heteroatoms. The van der Waals surface area contributed by atoms with Gasteiger partial charge >= 0.3 is 0 Å². The molecule has 1 heterocycles. The molecule has 2 aromatic carbocycles. The third-order valence-corrected chi connectivity index (χ3v) is 4.21. The monoisotopic (exact) mass is 346 g/mol. The molecule has 0 unspecified atom stereocenters. The summed E-state index contributed by atoms with van der Waals surface area (Å²) in [5.41, 5.74) is 9.37. The lowest BCUT2D eigenvalue weighted by molar-refractivity contribution is -0.134. The SMILES string of the molecule is CC(=O)O.Cc1ccc(C2=C3Nc4ccc(C)cc4N=C3C=CC2)cc1. The molecular weight excluding hydrogens is 324 g/mol. The van der Waals surface area contributed by atoms with E-state index >= 15 is 0 Å². The van der Waals surface area contributed by atoms with Crippen LogP contribution in [0.25, 0.3) is 5.57 Å². The minimum absolute atomic E-state index is 0.833. The highest BCUT2D eigenvalue weighted by Gasteiger charge is 2.21. The summed E-state index contributed by atoms with van der Waals surface area (Å²) in [4.78, 5) is 13.8. The van der Waals surface area contributed by atoms with E-state index in [0.29, 0.717) is 0 Å². The quantitative estimate of drug-likeness (QED) is 0.740. The molecule has 2 N–H and O–H groups in total. The Morgan fingerprint density at radius 2 is 1.73 bits per heavy atom. The van der Waals surface area contributed by atoms with Gasteiger partial charge < -0.3 is 10.4 Å². The van der Waals surface area contributed by atoms with Gasteiger partial charge in [0.05, 0.1) is 22.8 Å². The Labute approximate surface area is 153 Å². The Morgan fingerprint density at radius 3 is 2.42 bits per heavy atom. The van der Waals surface area contributed by atoms with Crippen LogP contribution in [0.15, 0.2) is 65.3 Å². The van der Waals surface area contributed by atoms with Crippen LogP contribution < -0.4 is 5.32 Å². The van der Waals surface area contributed by atoms with Crippen LogP contribution in [0.2, 0.25) is 0 Å². The van der Waals surface area contributed by atoms with Gasteiger partial charge in [-0.3, -0.25) is 4.79 Å². The van der Waals surface area contributed by atoms with E-state index in [1.807, 2.05) is 0 Å². The Balaban J connectivity index is 0.000000447. The van der Waals surface area contributed by atoms with Gasteiger partial charge in [0.25, 0.3) is 5.97 Å². The van der Waals surface area contributed by atoms with Crippen LogP contribution >= 0.6 is 0 Å². The number of carboxylic acid groups (broad SMARTS) is 1. The molecule has 0 spiro atoms. The fourth-order valence-electron chi connectivity index (χ4n) is 2.98. The summed E-state index contributed by atoms with van der Waals surface area (Å²) in [5, 5.41) is 11.0. The zero-order valence-electron chi connectivity index (χ0n) is 15.2. The topological polar surface area (TPSA) is 61.7 Å². The van der Waals surface area contributed by atoms with Crippen molar-refractivity contribution in [1.82, 2.24) is 0 Å². The highest BCUT2D eigenvalue weighted by atomic mass is 16.4. The van der Waals surface area contributed by atoms with Crippen LogP contribution in [0.5, 0.6) is 0 Å². The second-order valence-electron chi connectivity index (χ2n) is 6.49. The largest absolute Gasteiger partial charge is 0.481 e. The van der Waals surface area contributed by atoms with Crippen molar-refractivity contribution in [2.24, 2.45) is 4.99 Å². The zero-order chi connectivity index (χ0) is 18.7. The lowest BCUT2D eigenvalue weighted by Gasteiger charge is -2.25. The Bertz CT molecular complexity index is 931. The maximum Gasteiger partial charge on any atom is 0.300 e. The molecule has 1 aliphatic carbocycles.